The molecule has 4 rings (SSSR count). The van der Waals surface area contributed by atoms with E-state index in [1.807, 2.05) is 0 Å². The number of aryl methyl sites for hydroxylation is 1. The van der Waals surface area contributed by atoms with Crippen LogP contribution in [0, 0.1) is 18.3 Å². The van der Waals surface area contributed by atoms with Gasteiger partial charge in [0.25, 0.3) is 0 Å². The average Bonchev–Trinajstić information content (AvgIpc) is 2.43. The largest absolute Gasteiger partial charge is 0.370 e. The molecule has 1 aliphatic carbocycles. The molecule has 0 bridgehead atoms. The molecule has 1 aromatic carbocycles. The first kappa shape index (κ1) is 14.5. The first-order valence-electron chi connectivity index (χ1n) is 8.84. The Morgan fingerprint density at radius 2 is 1.64 bits per heavy atom. The zero-order valence-electron chi connectivity index (χ0n) is 14.1. The van der Waals surface area contributed by atoms with Crippen LogP contribution in [0.5, 0.6) is 0 Å². The SMILES string of the molecule is Cc1ccc(N2CC3(CC(CN4CCN(C)CC4)C3)C2)cc1. The fourth-order valence-corrected chi connectivity index (χ4v) is 4.65. The summed E-state index contributed by atoms with van der Waals surface area (Å²) in [6, 6.07) is 9.03. The Morgan fingerprint density at radius 1 is 1.00 bits per heavy atom. The summed E-state index contributed by atoms with van der Waals surface area (Å²) in [6.07, 6.45) is 2.92. The van der Waals surface area contributed by atoms with Gasteiger partial charge in [-0.25, -0.2) is 0 Å². The highest BCUT2D eigenvalue weighted by atomic mass is 15.3. The number of nitrogens with zero attached hydrogens (tertiary/aromatic N) is 3. The third-order valence-corrected chi connectivity index (χ3v) is 6.01. The van der Waals surface area contributed by atoms with Crippen molar-refractivity contribution in [1.82, 2.24) is 9.80 Å². The van der Waals surface area contributed by atoms with E-state index >= 15 is 0 Å². The molecule has 0 atom stereocenters. The minimum Gasteiger partial charge on any atom is -0.370 e. The molecule has 2 aliphatic heterocycles. The highest BCUT2D eigenvalue weighted by molar-refractivity contribution is 5.51. The van der Waals surface area contributed by atoms with Gasteiger partial charge in [0, 0.05) is 56.9 Å². The van der Waals surface area contributed by atoms with Gasteiger partial charge in [-0.15, -0.1) is 0 Å². The number of benzene rings is 1. The fraction of sp³-hybridized carbons (Fsp3) is 0.684. The Bertz CT molecular complexity index is 502. The zero-order chi connectivity index (χ0) is 15.2. The molecule has 3 aliphatic rings. The van der Waals surface area contributed by atoms with Crippen LogP contribution >= 0.6 is 0 Å². The van der Waals surface area contributed by atoms with Crippen molar-refractivity contribution in [3.8, 4) is 0 Å². The summed E-state index contributed by atoms with van der Waals surface area (Å²) < 4.78 is 0. The zero-order valence-corrected chi connectivity index (χ0v) is 14.1. The van der Waals surface area contributed by atoms with Crippen molar-refractivity contribution in [3.63, 3.8) is 0 Å². The van der Waals surface area contributed by atoms with Gasteiger partial charge >= 0.3 is 0 Å². The van der Waals surface area contributed by atoms with Crippen LogP contribution in [0.2, 0.25) is 0 Å². The molecule has 1 saturated carbocycles. The number of piperazine rings is 1. The van der Waals surface area contributed by atoms with Crippen molar-refractivity contribution < 1.29 is 0 Å². The second-order valence-electron chi connectivity index (χ2n) is 8.07. The topological polar surface area (TPSA) is 9.72 Å². The van der Waals surface area contributed by atoms with Gasteiger partial charge in [-0.3, -0.25) is 0 Å². The number of likely N-dealkylation sites (N-methyl/N-ethyl adjacent to an activating group) is 1. The summed E-state index contributed by atoms with van der Waals surface area (Å²) in [6.45, 7) is 11.1. The first-order valence-corrected chi connectivity index (χ1v) is 8.84. The van der Waals surface area contributed by atoms with E-state index in [0.717, 1.165) is 5.92 Å². The van der Waals surface area contributed by atoms with Crippen LogP contribution in [0.3, 0.4) is 0 Å². The lowest BCUT2D eigenvalue weighted by Crippen LogP contribution is -2.63. The molecule has 1 aromatic rings. The minimum absolute atomic E-state index is 0.669. The molecule has 0 unspecified atom stereocenters. The molecule has 3 nitrogen and oxygen atoms in total. The fourth-order valence-electron chi connectivity index (χ4n) is 4.65. The van der Waals surface area contributed by atoms with Crippen LogP contribution in [-0.2, 0) is 0 Å². The summed E-state index contributed by atoms with van der Waals surface area (Å²) in [7, 11) is 2.24. The van der Waals surface area contributed by atoms with Crippen molar-refractivity contribution >= 4 is 5.69 Å². The normalized spacial score (nSPS) is 26.0. The summed E-state index contributed by atoms with van der Waals surface area (Å²) >= 11 is 0. The predicted octanol–water partition coefficient (Wildman–Crippen LogP) is 2.46. The first-order chi connectivity index (χ1) is 10.6. The van der Waals surface area contributed by atoms with E-state index in [2.05, 4.69) is 52.9 Å². The van der Waals surface area contributed by atoms with E-state index in [9.17, 15) is 0 Å². The lowest BCUT2D eigenvalue weighted by molar-refractivity contribution is -0.00290. The highest BCUT2D eigenvalue weighted by Gasteiger charge is 2.52. The smallest absolute Gasteiger partial charge is 0.0366 e. The molecule has 3 fully saturated rings. The number of hydrogen-bond donors (Lipinski definition) is 0. The molecule has 1 spiro atoms. The van der Waals surface area contributed by atoms with Crippen molar-refractivity contribution in [2.75, 3.05) is 57.8 Å². The number of hydrogen-bond acceptors (Lipinski definition) is 3. The maximum atomic E-state index is 2.69. The van der Waals surface area contributed by atoms with Crippen molar-refractivity contribution in [3.05, 3.63) is 29.8 Å². The lowest BCUT2D eigenvalue weighted by Gasteiger charge is -2.60. The van der Waals surface area contributed by atoms with E-state index in [1.54, 1.807) is 0 Å². The molecule has 0 radical (unpaired) electrons. The van der Waals surface area contributed by atoms with Gasteiger partial charge in [0.2, 0.25) is 0 Å². The van der Waals surface area contributed by atoms with Gasteiger partial charge in [0.1, 0.15) is 0 Å². The van der Waals surface area contributed by atoms with E-state index in [-0.39, 0.29) is 0 Å². The van der Waals surface area contributed by atoms with Gasteiger partial charge in [-0.1, -0.05) is 17.7 Å². The van der Waals surface area contributed by atoms with Gasteiger partial charge in [-0.2, -0.15) is 0 Å². The molecular weight excluding hydrogens is 270 g/mol. The molecule has 0 aromatic heterocycles. The van der Waals surface area contributed by atoms with Crippen molar-refractivity contribution in [2.24, 2.45) is 11.3 Å². The molecule has 120 valence electrons. The molecular formula is C19H29N3. The second kappa shape index (κ2) is 5.54. The maximum absolute atomic E-state index is 2.69. The molecule has 2 heterocycles. The third kappa shape index (κ3) is 2.77. The summed E-state index contributed by atoms with van der Waals surface area (Å²) in [5.41, 5.74) is 3.44. The maximum Gasteiger partial charge on any atom is 0.0366 e. The van der Waals surface area contributed by atoms with Crippen LogP contribution in [0.4, 0.5) is 5.69 Å². The van der Waals surface area contributed by atoms with Crippen LogP contribution in [0.25, 0.3) is 0 Å². The van der Waals surface area contributed by atoms with E-state index < -0.39 is 0 Å². The monoisotopic (exact) mass is 299 g/mol. The van der Waals surface area contributed by atoms with Gasteiger partial charge in [0.15, 0.2) is 0 Å². The van der Waals surface area contributed by atoms with Gasteiger partial charge in [-0.05, 0) is 44.9 Å². The predicted molar refractivity (Wildman–Crippen MR) is 92.5 cm³/mol. The molecule has 2 saturated heterocycles. The molecule has 0 N–H and O–H groups in total. The number of anilines is 1. The van der Waals surface area contributed by atoms with Crippen LogP contribution < -0.4 is 4.90 Å². The Balaban J connectivity index is 1.22. The summed E-state index contributed by atoms with van der Waals surface area (Å²) in [5.74, 6) is 0.962. The summed E-state index contributed by atoms with van der Waals surface area (Å²) in [4.78, 5) is 7.70. The van der Waals surface area contributed by atoms with Crippen LogP contribution in [-0.4, -0.2) is 62.7 Å². The van der Waals surface area contributed by atoms with Crippen LogP contribution in [0.1, 0.15) is 18.4 Å². The second-order valence-corrected chi connectivity index (χ2v) is 8.07. The van der Waals surface area contributed by atoms with Crippen LogP contribution in [0.15, 0.2) is 24.3 Å². The standard InChI is InChI=1S/C19H29N3/c1-16-3-5-18(6-4-16)22-14-19(15-22)11-17(12-19)13-21-9-7-20(2)8-10-21/h3-6,17H,7-15H2,1-2H3. The van der Waals surface area contributed by atoms with Crippen molar-refractivity contribution in [1.29, 1.82) is 0 Å². The Morgan fingerprint density at radius 3 is 2.27 bits per heavy atom. The summed E-state index contributed by atoms with van der Waals surface area (Å²) in [5, 5.41) is 0. The minimum atomic E-state index is 0.669. The van der Waals surface area contributed by atoms with Gasteiger partial charge < -0.3 is 14.7 Å². The van der Waals surface area contributed by atoms with E-state index in [1.165, 1.54) is 69.9 Å². The Kier molecular flexibility index (Phi) is 3.66. The quantitative estimate of drug-likeness (QED) is 0.849. The van der Waals surface area contributed by atoms with Gasteiger partial charge in [0.05, 0.1) is 0 Å². The molecule has 3 heteroatoms. The van der Waals surface area contributed by atoms with E-state index in [4.69, 9.17) is 0 Å². The number of rotatable bonds is 3. The Hall–Kier alpha value is -1.06. The third-order valence-electron chi connectivity index (χ3n) is 6.01. The molecule has 22 heavy (non-hydrogen) atoms. The lowest BCUT2D eigenvalue weighted by atomic mass is 9.57. The highest BCUT2D eigenvalue weighted by Crippen LogP contribution is 2.53. The Labute approximate surface area is 134 Å². The average molecular weight is 299 g/mol. The van der Waals surface area contributed by atoms with Crippen molar-refractivity contribution in [2.45, 2.75) is 19.8 Å². The molecule has 0 amide bonds. The van der Waals surface area contributed by atoms with E-state index in [0.29, 0.717) is 5.41 Å².